The third-order valence-electron chi connectivity index (χ3n) is 8.66. The van der Waals surface area contributed by atoms with Crippen molar-refractivity contribution < 1.29 is 22.4 Å². The summed E-state index contributed by atoms with van der Waals surface area (Å²) in [6, 6.07) is 15.0. The van der Waals surface area contributed by atoms with E-state index in [9.17, 15) is 22.4 Å². The van der Waals surface area contributed by atoms with Crippen molar-refractivity contribution in [1.29, 1.82) is 0 Å². The number of fused-ring (bicyclic) bond motifs is 2. The molecule has 2 heterocycles. The average Bonchev–Trinajstić information content (AvgIpc) is 2.96. The molecule has 1 N–H and O–H groups in total. The van der Waals surface area contributed by atoms with Gasteiger partial charge in [0, 0.05) is 30.4 Å². The molecular weight excluding hydrogens is 601 g/mol. The third kappa shape index (κ3) is 7.03. The molecule has 0 aromatic heterocycles. The fourth-order valence-electron chi connectivity index (χ4n) is 6.39. The highest BCUT2D eigenvalue weighted by Gasteiger charge is 2.41. The van der Waals surface area contributed by atoms with Gasteiger partial charge in [-0.25, -0.2) is 4.39 Å². The number of benzene rings is 3. The van der Waals surface area contributed by atoms with E-state index < -0.39 is 17.7 Å². The van der Waals surface area contributed by atoms with Gasteiger partial charge in [0.2, 0.25) is 5.91 Å². The van der Waals surface area contributed by atoms with Gasteiger partial charge in [-0.3, -0.25) is 4.79 Å². The molecular formula is C33H33Cl2F4N3O. The Labute approximate surface area is 259 Å². The Morgan fingerprint density at radius 1 is 1.07 bits per heavy atom. The number of carbonyl (C=O) groups is 1. The summed E-state index contributed by atoms with van der Waals surface area (Å²) in [5.74, 6) is -1.05. The minimum atomic E-state index is -4.47. The molecule has 10 heteroatoms. The number of nitrogens with one attached hydrogen (secondary N) is 1. The number of hydrogen-bond acceptors (Lipinski definition) is 3. The standard InChI is InChI=1S/C33H33Cl2F4N3O/c1-21-19-32(27-18-25(36)7-9-30(27)40-21)11-14-42(15-12-32)13-10-26(23-6-8-28(34)29(35)17-23)31(43)41(2)20-22-4-3-5-24(16-22)33(37,38)39/h3-9,16-18,26,40H,1,10-15,19-20H2,2H3. The number of halogens is 6. The van der Waals surface area contributed by atoms with Crippen LogP contribution in [0.3, 0.4) is 0 Å². The molecule has 1 fully saturated rings. The van der Waals surface area contributed by atoms with Crippen LogP contribution in [-0.2, 0) is 22.9 Å². The van der Waals surface area contributed by atoms with E-state index in [2.05, 4.69) is 16.8 Å². The largest absolute Gasteiger partial charge is 0.416 e. The maximum Gasteiger partial charge on any atom is 0.416 e. The second kappa shape index (κ2) is 12.5. The lowest BCUT2D eigenvalue weighted by atomic mass is 9.67. The summed E-state index contributed by atoms with van der Waals surface area (Å²) in [4.78, 5) is 17.6. The van der Waals surface area contributed by atoms with Crippen molar-refractivity contribution in [3.8, 4) is 0 Å². The van der Waals surface area contributed by atoms with Crippen LogP contribution in [0.4, 0.5) is 23.2 Å². The molecule has 3 aromatic carbocycles. The molecule has 2 aliphatic heterocycles. The van der Waals surface area contributed by atoms with Crippen LogP contribution in [0.1, 0.15) is 53.9 Å². The molecule has 1 amide bonds. The second-order valence-electron chi connectivity index (χ2n) is 11.6. The van der Waals surface area contributed by atoms with E-state index in [0.717, 1.165) is 61.4 Å². The Morgan fingerprint density at radius 3 is 2.51 bits per heavy atom. The van der Waals surface area contributed by atoms with E-state index in [1.807, 2.05) is 0 Å². The number of nitrogens with zero attached hydrogens (tertiary/aromatic N) is 2. The van der Waals surface area contributed by atoms with Crippen molar-refractivity contribution in [2.75, 3.05) is 32.0 Å². The van der Waals surface area contributed by atoms with Crippen molar-refractivity contribution in [3.05, 3.63) is 111 Å². The molecule has 0 aliphatic carbocycles. The van der Waals surface area contributed by atoms with Gasteiger partial charge in [-0.1, -0.05) is 48.0 Å². The number of amides is 1. The number of likely N-dealkylation sites (N-methyl/N-ethyl adjacent to an activating group) is 1. The van der Waals surface area contributed by atoms with Crippen LogP contribution in [-0.4, -0.2) is 42.4 Å². The van der Waals surface area contributed by atoms with Crippen LogP contribution in [0.2, 0.25) is 10.0 Å². The Balaban J connectivity index is 1.30. The fourth-order valence-corrected chi connectivity index (χ4v) is 6.70. The first kappa shape index (κ1) is 31.4. The number of likely N-dealkylation sites (tertiary alicyclic amines) is 1. The zero-order valence-corrected chi connectivity index (χ0v) is 25.3. The van der Waals surface area contributed by atoms with Crippen LogP contribution in [0, 0.1) is 5.82 Å². The smallest absolute Gasteiger partial charge is 0.359 e. The average molecular weight is 635 g/mol. The summed E-state index contributed by atoms with van der Waals surface area (Å²) in [6.45, 7) is 6.35. The molecule has 1 spiro atoms. The van der Waals surface area contributed by atoms with Crippen LogP contribution in [0.25, 0.3) is 0 Å². The predicted octanol–water partition coefficient (Wildman–Crippen LogP) is 8.65. The van der Waals surface area contributed by atoms with Gasteiger partial charge in [0.15, 0.2) is 0 Å². The lowest BCUT2D eigenvalue weighted by Crippen LogP contribution is -2.45. The summed E-state index contributed by atoms with van der Waals surface area (Å²) in [5.41, 5.74) is 2.95. The summed E-state index contributed by atoms with van der Waals surface area (Å²) in [5, 5.41) is 3.99. The summed E-state index contributed by atoms with van der Waals surface area (Å²) in [7, 11) is 1.60. The second-order valence-corrected chi connectivity index (χ2v) is 12.4. The van der Waals surface area contributed by atoms with Crippen molar-refractivity contribution in [1.82, 2.24) is 9.80 Å². The van der Waals surface area contributed by atoms with E-state index in [-0.39, 0.29) is 23.7 Å². The molecule has 3 aromatic rings. The SMILES string of the molecule is C=C1CC2(CCN(CCC(C(=O)N(C)Cc3cccc(C(F)(F)F)c3)c3ccc(Cl)c(Cl)c3)CC2)c2cc(F)ccc2N1. The fraction of sp³-hybridized carbons (Fsp3) is 0.364. The highest BCUT2D eigenvalue weighted by atomic mass is 35.5. The maximum absolute atomic E-state index is 14.2. The van der Waals surface area contributed by atoms with Gasteiger partial charge < -0.3 is 15.1 Å². The molecule has 0 saturated carbocycles. The van der Waals surface area contributed by atoms with Gasteiger partial charge in [0.25, 0.3) is 0 Å². The molecule has 1 saturated heterocycles. The van der Waals surface area contributed by atoms with Gasteiger partial charge in [-0.05, 0) is 104 Å². The summed E-state index contributed by atoms with van der Waals surface area (Å²) in [6.07, 6.45) is -1.60. The number of carbonyl (C=O) groups excluding carboxylic acids is 1. The molecule has 2 aliphatic rings. The first-order valence-electron chi connectivity index (χ1n) is 14.2. The van der Waals surface area contributed by atoms with Crippen molar-refractivity contribution in [2.24, 2.45) is 0 Å². The Hall–Kier alpha value is -3.07. The zero-order valence-electron chi connectivity index (χ0n) is 23.8. The van der Waals surface area contributed by atoms with E-state index >= 15 is 0 Å². The van der Waals surface area contributed by atoms with Crippen molar-refractivity contribution in [2.45, 2.75) is 49.7 Å². The normalized spacial score (nSPS) is 17.3. The molecule has 4 nitrogen and oxygen atoms in total. The number of alkyl halides is 3. The third-order valence-corrected chi connectivity index (χ3v) is 9.40. The Kier molecular flexibility index (Phi) is 9.12. The lowest BCUT2D eigenvalue weighted by molar-refractivity contribution is -0.137. The monoisotopic (exact) mass is 633 g/mol. The quantitative estimate of drug-likeness (QED) is 0.265. The van der Waals surface area contributed by atoms with Crippen LogP contribution in [0.15, 0.2) is 72.9 Å². The predicted molar refractivity (Wildman–Crippen MR) is 163 cm³/mol. The Bertz CT molecular complexity index is 1520. The van der Waals surface area contributed by atoms with Crippen molar-refractivity contribution in [3.63, 3.8) is 0 Å². The zero-order chi connectivity index (χ0) is 30.9. The van der Waals surface area contributed by atoms with E-state index in [0.29, 0.717) is 34.1 Å². The minimum absolute atomic E-state index is 0.0285. The van der Waals surface area contributed by atoms with Crippen LogP contribution >= 0.6 is 23.2 Å². The number of allylic oxidation sites excluding steroid dienone is 1. The molecule has 5 rings (SSSR count). The molecule has 1 atom stereocenters. The highest BCUT2D eigenvalue weighted by Crippen LogP contribution is 2.47. The van der Waals surface area contributed by atoms with Crippen LogP contribution in [0.5, 0.6) is 0 Å². The number of piperidine rings is 1. The minimum Gasteiger partial charge on any atom is -0.359 e. The first-order valence-corrected chi connectivity index (χ1v) is 14.9. The van der Waals surface area contributed by atoms with E-state index in [1.165, 1.54) is 17.0 Å². The molecule has 1 unspecified atom stereocenters. The van der Waals surface area contributed by atoms with Crippen LogP contribution < -0.4 is 5.32 Å². The summed E-state index contributed by atoms with van der Waals surface area (Å²) < 4.78 is 54.0. The van der Waals surface area contributed by atoms with Gasteiger partial charge >= 0.3 is 6.18 Å². The van der Waals surface area contributed by atoms with E-state index in [1.54, 1.807) is 43.4 Å². The topological polar surface area (TPSA) is 35.6 Å². The van der Waals surface area contributed by atoms with Gasteiger partial charge in [0.05, 0.1) is 21.5 Å². The molecule has 0 bridgehead atoms. The Morgan fingerprint density at radius 2 is 1.81 bits per heavy atom. The number of anilines is 1. The van der Waals surface area contributed by atoms with Crippen molar-refractivity contribution >= 4 is 34.8 Å². The first-order chi connectivity index (χ1) is 20.3. The molecule has 43 heavy (non-hydrogen) atoms. The number of hydrogen-bond donors (Lipinski definition) is 1. The summed E-state index contributed by atoms with van der Waals surface area (Å²) >= 11 is 12.5. The number of rotatable bonds is 7. The highest BCUT2D eigenvalue weighted by molar-refractivity contribution is 6.42. The van der Waals surface area contributed by atoms with Gasteiger partial charge in [0.1, 0.15) is 5.82 Å². The lowest BCUT2D eigenvalue weighted by Gasteiger charge is -2.46. The maximum atomic E-state index is 14.2. The van der Waals surface area contributed by atoms with Gasteiger partial charge in [-0.15, -0.1) is 0 Å². The molecule has 0 radical (unpaired) electrons. The van der Waals surface area contributed by atoms with Gasteiger partial charge in [-0.2, -0.15) is 13.2 Å². The molecule has 228 valence electrons. The van der Waals surface area contributed by atoms with E-state index in [4.69, 9.17) is 23.2 Å².